The summed E-state index contributed by atoms with van der Waals surface area (Å²) in [5.74, 6) is 0.701. The van der Waals surface area contributed by atoms with Crippen molar-refractivity contribution < 1.29 is 0 Å². The monoisotopic (exact) mass is 1280 g/mol. The molecule has 12 aromatic carbocycles. The van der Waals surface area contributed by atoms with E-state index in [0.717, 1.165) is 123 Å². The van der Waals surface area contributed by atoms with Gasteiger partial charge < -0.3 is 9.13 Å². The molecule has 0 aliphatic rings. The van der Waals surface area contributed by atoms with Gasteiger partial charge in [-0.1, -0.05) is 231 Å². The third kappa shape index (κ3) is 9.74. The van der Waals surface area contributed by atoms with Crippen molar-refractivity contribution in [3.8, 4) is 90.2 Å². The van der Waals surface area contributed by atoms with Gasteiger partial charge >= 0.3 is 0 Å². The molecule has 9 heteroatoms. The van der Waals surface area contributed by atoms with Crippen LogP contribution in [0.1, 0.15) is 0 Å². The number of fused-ring (bicyclic) bond motifs is 12. The molecule has 468 valence electrons. The molecule has 9 nitrogen and oxygen atoms in total. The number of aromatic nitrogens is 9. The predicted molar refractivity (Wildman–Crippen MR) is 412 cm³/mol. The lowest BCUT2D eigenvalue weighted by molar-refractivity contribution is 1.09. The van der Waals surface area contributed by atoms with Crippen LogP contribution in [-0.4, -0.2) is 43.2 Å². The highest BCUT2D eigenvalue weighted by Gasteiger charge is 2.24. The van der Waals surface area contributed by atoms with Crippen molar-refractivity contribution in [1.29, 1.82) is 0 Å². The minimum atomic E-state index is 0.701. The predicted octanol–water partition coefficient (Wildman–Crippen LogP) is 22.7. The third-order valence-electron chi connectivity index (χ3n) is 19.4. The lowest BCUT2D eigenvalue weighted by Crippen LogP contribution is -2.02. The lowest BCUT2D eigenvalue weighted by atomic mass is 9.98. The average Bonchev–Trinajstić information content (AvgIpc) is 1.57. The largest absolute Gasteiger partial charge is 0.309 e. The second-order valence-corrected chi connectivity index (χ2v) is 25.1. The smallest absolute Gasteiger partial charge is 0.159 e. The van der Waals surface area contributed by atoms with Crippen molar-refractivity contribution >= 4 is 87.5 Å². The Bertz CT molecular complexity index is 6440. The minimum Gasteiger partial charge on any atom is -0.309 e. The van der Waals surface area contributed by atoms with Crippen LogP contribution in [0.3, 0.4) is 0 Å². The van der Waals surface area contributed by atoms with Gasteiger partial charge in [0.1, 0.15) is 11.3 Å². The first-order valence-electron chi connectivity index (χ1n) is 33.7. The first kappa shape index (κ1) is 57.8. The molecule has 0 fully saturated rings. The first-order chi connectivity index (χ1) is 49.6. The van der Waals surface area contributed by atoms with E-state index < -0.39 is 0 Å². The van der Waals surface area contributed by atoms with Crippen LogP contribution in [0.25, 0.3) is 178 Å². The van der Waals surface area contributed by atoms with Crippen molar-refractivity contribution in [3.63, 3.8) is 0 Å². The number of rotatable bonds is 10. The van der Waals surface area contributed by atoms with Crippen molar-refractivity contribution in [2.45, 2.75) is 0 Å². The standard InChI is InChI=1S/C46H30N4.C45H29N5/c1-4-14-31(15-5-1)40-29-35(30-41(48-40)32-16-6-2-7-17-32)49-42-23-11-10-20-38(42)45-36(21-12-24-44(45)49)33-25-26-43-39(28-33)37-22-13-27-47-46(37)50(43)34-18-8-3-9-19-34;1-4-14-30(15-5-1)43-41(29-47-44(48-43)31-16-6-2-7-17-31)50-38-23-11-10-20-36(38)42-34(21-12-24-40(42)50)32-25-26-39-37(28-32)35-22-13-27-46-45(35)49(39)33-18-8-3-9-19-33/h1-30H;1-29H. The van der Waals surface area contributed by atoms with E-state index >= 15 is 0 Å². The molecule has 0 aliphatic carbocycles. The Balaban J connectivity index is 0.000000139. The van der Waals surface area contributed by atoms with E-state index in [2.05, 4.69) is 303 Å². The summed E-state index contributed by atoms with van der Waals surface area (Å²) in [5.41, 5.74) is 24.6. The highest BCUT2D eigenvalue weighted by molar-refractivity contribution is 6.19. The molecule has 0 aliphatic heterocycles. The molecule has 8 heterocycles. The summed E-state index contributed by atoms with van der Waals surface area (Å²) in [6, 6.07) is 120. The van der Waals surface area contributed by atoms with E-state index in [1.54, 1.807) is 0 Å². The quantitative estimate of drug-likeness (QED) is 0.136. The van der Waals surface area contributed by atoms with Gasteiger partial charge in [0.25, 0.3) is 0 Å². The Morgan fingerprint density at radius 1 is 0.230 bits per heavy atom. The summed E-state index contributed by atoms with van der Waals surface area (Å²) < 4.78 is 9.25. The van der Waals surface area contributed by atoms with E-state index in [9.17, 15) is 0 Å². The molecule has 0 atom stereocenters. The van der Waals surface area contributed by atoms with E-state index in [1.807, 2.05) is 73.2 Å². The van der Waals surface area contributed by atoms with Crippen LogP contribution in [0.15, 0.2) is 358 Å². The molecule has 0 amide bonds. The lowest BCUT2D eigenvalue weighted by Gasteiger charge is -2.14. The molecule has 100 heavy (non-hydrogen) atoms. The summed E-state index contributed by atoms with van der Waals surface area (Å²) in [4.78, 5) is 25.0. The fraction of sp³-hybridized carbons (Fsp3) is 0. The van der Waals surface area contributed by atoms with Crippen LogP contribution >= 0.6 is 0 Å². The average molecular weight is 1280 g/mol. The molecule has 0 bridgehead atoms. The van der Waals surface area contributed by atoms with Gasteiger partial charge in [0.05, 0.1) is 67.8 Å². The maximum Gasteiger partial charge on any atom is 0.159 e. The maximum atomic E-state index is 5.21. The summed E-state index contributed by atoms with van der Waals surface area (Å²) in [5, 5.41) is 9.44. The summed E-state index contributed by atoms with van der Waals surface area (Å²) in [6.45, 7) is 0. The van der Waals surface area contributed by atoms with Gasteiger partial charge in [-0.05, 0) is 131 Å². The summed E-state index contributed by atoms with van der Waals surface area (Å²) in [6.07, 6.45) is 5.73. The first-order valence-corrected chi connectivity index (χ1v) is 33.7. The number of benzene rings is 12. The van der Waals surface area contributed by atoms with Crippen LogP contribution in [0, 0.1) is 0 Å². The number of hydrogen-bond donors (Lipinski definition) is 0. The van der Waals surface area contributed by atoms with E-state index in [-0.39, 0.29) is 0 Å². The Kier molecular flexibility index (Phi) is 14.0. The number of para-hydroxylation sites is 4. The number of hydrogen-bond acceptors (Lipinski definition) is 5. The van der Waals surface area contributed by atoms with Crippen molar-refractivity contribution in [2.75, 3.05) is 0 Å². The fourth-order valence-electron chi connectivity index (χ4n) is 15.0. The molecule has 0 spiro atoms. The summed E-state index contributed by atoms with van der Waals surface area (Å²) >= 11 is 0. The normalized spacial score (nSPS) is 11.6. The molecular weight excluding hydrogens is 1220 g/mol. The molecule has 20 rings (SSSR count). The summed E-state index contributed by atoms with van der Waals surface area (Å²) in [7, 11) is 0. The zero-order valence-corrected chi connectivity index (χ0v) is 54.1. The van der Waals surface area contributed by atoms with Gasteiger partial charge in [0.15, 0.2) is 5.82 Å². The number of nitrogens with zero attached hydrogens (tertiary/aromatic N) is 9. The Morgan fingerprint density at radius 2 is 0.630 bits per heavy atom. The SMILES string of the molecule is c1ccc(-c2cc(-n3c4ccccc4c4c(-c5ccc6c(c5)c5cccnc5n6-c5ccccc5)cccc43)cc(-c3ccccc3)n2)cc1.c1ccc(-c2ncc(-n3c4ccccc4c4c(-c5ccc6c(c5)c5cccnc5n6-c5ccccc5)cccc43)c(-c3ccccc3)n2)cc1. The van der Waals surface area contributed by atoms with E-state index in [0.29, 0.717) is 5.82 Å². The van der Waals surface area contributed by atoms with Crippen LogP contribution in [-0.2, 0) is 0 Å². The van der Waals surface area contributed by atoms with Crippen LogP contribution < -0.4 is 0 Å². The van der Waals surface area contributed by atoms with E-state index in [1.165, 1.54) is 49.0 Å². The Labute approximate surface area is 575 Å². The van der Waals surface area contributed by atoms with Crippen LogP contribution in [0.4, 0.5) is 0 Å². The zero-order valence-electron chi connectivity index (χ0n) is 54.1. The molecule has 0 unspecified atom stereocenters. The van der Waals surface area contributed by atoms with Gasteiger partial charge in [-0.15, -0.1) is 0 Å². The third-order valence-corrected chi connectivity index (χ3v) is 19.4. The van der Waals surface area contributed by atoms with Gasteiger partial charge in [-0.3, -0.25) is 9.13 Å². The zero-order chi connectivity index (χ0) is 66.0. The van der Waals surface area contributed by atoms with Gasteiger partial charge in [0, 0.05) is 89.1 Å². The number of pyridine rings is 3. The molecule has 20 aromatic rings. The molecule has 8 aromatic heterocycles. The molecular formula is C91H59N9. The van der Waals surface area contributed by atoms with Crippen molar-refractivity contribution in [1.82, 2.24) is 43.2 Å². The van der Waals surface area contributed by atoms with Crippen LogP contribution in [0.2, 0.25) is 0 Å². The van der Waals surface area contributed by atoms with Gasteiger partial charge in [-0.2, -0.15) is 0 Å². The minimum absolute atomic E-state index is 0.701. The highest BCUT2D eigenvalue weighted by Crippen LogP contribution is 2.45. The van der Waals surface area contributed by atoms with Crippen molar-refractivity contribution in [3.05, 3.63) is 358 Å². The van der Waals surface area contributed by atoms with Gasteiger partial charge in [0.2, 0.25) is 0 Å². The van der Waals surface area contributed by atoms with Crippen LogP contribution in [0.5, 0.6) is 0 Å². The highest BCUT2D eigenvalue weighted by atomic mass is 15.1. The van der Waals surface area contributed by atoms with Crippen molar-refractivity contribution in [2.24, 2.45) is 0 Å². The molecule has 0 saturated carbocycles. The molecule has 0 N–H and O–H groups in total. The fourth-order valence-corrected chi connectivity index (χ4v) is 15.0. The second kappa shape index (κ2) is 24.2. The van der Waals surface area contributed by atoms with Gasteiger partial charge in [-0.25, -0.2) is 24.9 Å². The Morgan fingerprint density at radius 3 is 1.13 bits per heavy atom. The molecule has 0 radical (unpaired) electrons. The topological polar surface area (TPSA) is 84.2 Å². The maximum absolute atomic E-state index is 5.21. The molecule has 0 saturated heterocycles. The Hall–Kier alpha value is -13.6. The van der Waals surface area contributed by atoms with E-state index in [4.69, 9.17) is 24.9 Å². The second-order valence-electron chi connectivity index (χ2n) is 25.1.